The van der Waals surface area contributed by atoms with E-state index in [1.165, 1.54) is 24.3 Å². The van der Waals surface area contributed by atoms with E-state index in [0.29, 0.717) is 16.8 Å². The Kier molecular flexibility index (Phi) is 4.88. The second-order valence-electron chi connectivity index (χ2n) is 5.73. The number of rotatable bonds is 4. The molecule has 0 bridgehead atoms. The molecule has 0 atom stereocenters. The molecule has 0 amide bonds. The number of anilines is 1. The lowest BCUT2D eigenvalue weighted by Gasteiger charge is -2.11. The van der Waals surface area contributed by atoms with Crippen LogP contribution in [0.5, 0.6) is 0 Å². The van der Waals surface area contributed by atoms with Crippen molar-refractivity contribution in [2.24, 2.45) is 0 Å². The normalized spacial score (nSPS) is 11.0. The fourth-order valence-electron chi connectivity index (χ4n) is 2.53. The fourth-order valence-corrected chi connectivity index (χ4v) is 3.61. The van der Waals surface area contributed by atoms with Crippen molar-refractivity contribution in [3.05, 3.63) is 77.5 Å². The van der Waals surface area contributed by atoms with Crippen LogP contribution in [0.4, 0.5) is 14.5 Å². The van der Waals surface area contributed by atoms with Crippen molar-refractivity contribution in [2.75, 3.05) is 4.72 Å². The van der Waals surface area contributed by atoms with E-state index in [1.807, 2.05) is 0 Å². The minimum Gasteiger partial charge on any atom is -0.280 e. The van der Waals surface area contributed by atoms with Crippen molar-refractivity contribution >= 4 is 15.7 Å². The molecule has 0 aliphatic carbocycles. The smallest absolute Gasteiger partial charge is 0.261 e. The summed E-state index contributed by atoms with van der Waals surface area (Å²) in [6.07, 6.45) is 0. The molecule has 8 heteroatoms. The molecule has 2 aromatic carbocycles. The summed E-state index contributed by atoms with van der Waals surface area (Å²) in [6.45, 7) is 1.73. The molecule has 0 unspecified atom stereocenters. The van der Waals surface area contributed by atoms with Gasteiger partial charge in [0, 0.05) is 11.3 Å². The van der Waals surface area contributed by atoms with Gasteiger partial charge in [-0.25, -0.2) is 22.2 Å². The van der Waals surface area contributed by atoms with Gasteiger partial charge in [-0.15, -0.1) is 0 Å². The van der Waals surface area contributed by atoms with Gasteiger partial charge in [-0.2, -0.15) is 5.26 Å². The van der Waals surface area contributed by atoms with Crippen LogP contribution in [0.2, 0.25) is 0 Å². The third-order valence-electron chi connectivity index (χ3n) is 3.81. The summed E-state index contributed by atoms with van der Waals surface area (Å²) < 4.78 is 53.9. The number of benzene rings is 2. The fraction of sp³-hybridized carbons (Fsp3) is 0.0526. The van der Waals surface area contributed by atoms with Crippen molar-refractivity contribution in [1.29, 1.82) is 5.26 Å². The van der Waals surface area contributed by atoms with Crippen molar-refractivity contribution < 1.29 is 17.2 Å². The third-order valence-corrected chi connectivity index (χ3v) is 5.19. The average molecular weight is 385 g/mol. The van der Waals surface area contributed by atoms with Crippen LogP contribution in [0.3, 0.4) is 0 Å². The van der Waals surface area contributed by atoms with E-state index in [9.17, 15) is 17.2 Å². The van der Waals surface area contributed by atoms with Crippen LogP contribution >= 0.6 is 0 Å². The van der Waals surface area contributed by atoms with Gasteiger partial charge in [-0.05, 0) is 55.0 Å². The zero-order chi connectivity index (χ0) is 19.6. The molecule has 0 saturated carbocycles. The molecular formula is C19H13F2N3O2S. The first-order valence-corrected chi connectivity index (χ1v) is 9.24. The highest BCUT2D eigenvalue weighted by Gasteiger charge is 2.16. The molecule has 1 heterocycles. The highest BCUT2D eigenvalue weighted by Crippen LogP contribution is 2.26. The third kappa shape index (κ3) is 3.93. The highest BCUT2D eigenvalue weighted by molar-refractivity contribution is 7.92. The SMILES string of the molecule is Cc1cc(NS(=O)(=O)c2cccc(F)c2)ccc1-c1ccc(F)c(C#N)n1. The van der Waals surface area contributed by atoms with Crippen LogP contribution in [-0.4, -0.2) is 13.4 Å². The van der Waals surface area contributed by atoms with E-state index in [1.54, 1.807) is 25.1 Å². The molecule has 0 radical (unpaired) electrons. The van der Waals surface area contributed by atoms with Crippen LogP contribution < -0.4 is 4.72 Å². The van der Waals surface area contributed by atoms with Gasteiger partial charge in [0.15, 0.2) is 11.5 Å². The summed E-state index contributed by atoms with van der Waals surface area (Å²) in [5.41, 5.74) is 1.65. The van der Waals surface area contributed by atoms with Crippen LogP contribution in [0.15, 0.2) is 59.5 Å². The van der Waals surface area contributed by atoms with Gasteiger partial charge in [0.1, 0.15) is 11.9 Å². The average Bonchev–Trinajstić information content (AvgIpc) is 2.62. The number of hydrogen-bond donors (Lipinski definition) is 1. The largest absolute Gasteiger partial charge is 0.280 e. The second kappa shape index (κ2) is 7.13. The lowest BCUT2D eigenvalue weighted by atomic mass is 10.0. The van der Waals surface area contributed by atoms with Gasteiger partial charge in [0.05, 0.1) is 10.6 Å². The van der Waals surface area contributed by atoms with Crippen LogP contribution in [0.25, 0.3) is 11.3 Å². The molecule has 136 valence electrons. The van der Waals surface area contributed by atoms with E-state index < -0.39 is 21.7 Å². The Bertz CT molecular complexity index is 1170. The molecule has 0 fully saturated rings. The molecule has 1 aromatic heterocycles. The predicted molar refractivity (Wildman–Crippen MR) is 96.3 cm³/mol. The topological polar surface area (TPSA) is 82.9 Å². The number of sulfonamides is 1. The Morgan fingerprint density at radius 3 is 2.52 bits per heavy atom. The molecule has 0 aliphatic rings. The number of pyridine rings is 1. The van der Waals surface area contributed by atoms with Gasteiger partial charge in [-0.3, -0.25) is 4.72 Å². The molecule has 0 aliphatic heterocycles. The Morgan fingerprint density at radius 2 is 1.85 bits per heavy atom. The number of halogens is 2. The summed E-state index contributed by atoms with van der Waals surface area (Å²) in [7, 11) is -3.94. The molecule has 3 aromatic rings. The summed E-state index contributed by atoms with van der Waals surface area (Å²) in [6, 6.07) is 13.7. The Morgan fingerprint density at radius 1 is 1.07 bits per heavy atom. The molecule has 1 N–H and O–H groups in total. The minimum atomic E-state index is -3.94. The Balaban J connectivity index is 1.93. The summed E-state index contributed by atoms with van der Waals surface area (Å²) in [5, 5.41) is 8.90. The zero-order valence-electron chi connectivity index (χ0n) is 14.1. The summed E-state index contributed by atoms with van der Waals surface area (Å²) in [4.78, 5) is 3.78. The van der Waals surface area contributed by atoms with Crippen molar-refractivity contribution in [1.82, 2.24) is 4.98 Å². The first kappa shape index (κ1) is 18.5. The van der Waals surface area contributed by atoms with E-state index in [0.717, 1.165) is 18.2 Å². The van der Waals surface area contributed by atoms with Crippen LogP contribution in [0.1, 0.15) is 11.3 Å². The van der Waals surface area contributed by atoms with Crippen molar-refractivity contribution in [2.45, 2.75) is 11.8 Å². The standard InChI is InChI=1S/C19H13F2N3O2S/c1-12-9-14(24-27(25,26)15-4-2-3-13(20)10-15)5-6-16(12)18-8-7-17(21)19(11-22)23-18/h2-10,24H,1H3. The molecular weight excluding hydrogens is 372 g/mol. The maximum Gasteiger partial charge on any atom is 0.261 e. The maximum absolute atomic E-state index is 13.4. The number of aryl methyl sites for hydroxylation is 1. The van der Waals surface area contributed by atoms with E-state index in [2.05, 4.69) is 9.71 Å². The monoisotopic (exact) mass is 385 g/mol. The van der Waals surface area contributed by atoms with Gasteiger partial charge >= 0.3 is 0 Å². The lowest BCUT2D eigenvalue weighted by Crippen LogP contribution is -2.13. The molecule has 0 spiro atoms. The van der Waals surface area contributed by atoms with Crippen molar-refractivity contribution in [3.63, 3.8) is 0 Å². The summed E-state index contributed by atoms with van der Waals surface area (Å²) >= 11 is 0. The number of nitrogens with one attached hydrogen (secondary N) is 1. The minimum absolute atomic E-state index is 0.192. The van der Waals surface area contributed by atoms with Crippen LogP contribution in [0, 0.1) is 29.9 Å². The highest BCUT2D eigenvalue weighted by atomic mass is 32.2. The number of aromatic nitrogens is 1. The van der Waals surface area contributed by atoms with E-state index >= 15 is 0 Å². The molecule has 0 saturated heterocycles. The van der Waals surface area contributed by atoms with Gasteiger partial charge in [-0.1, -0.05) is 12.1 Å². The molecule has 3 rings (SSSR count). The second-order valence-corrected chi connectivity index (χ2v) is 7.41. The first-order valence-electron chi connectivity index (χ1n) is 7.76. The maximum atomic E-state index is 13.4. The van der Waals surface area contributed by atoms with Gasteiger partial charge < -0.3 is 0 Å². The van der Waals surface area contributed by atoms with E-state index in [-0.39, 0.29) is 16.3 Å². The number of hydrogen-bond acceptors (Lipinski definition) is 4. The number of nitrogens with zero attached hydrogens (tertiary/aromatic N) is 2. The van der Waals surface area contributed by atoms with Gasteiger partial charge in [0.25, 0.3) is 10.0 Å². The van der Waals surface area contributed by atoms with Gasteiger partial charge in [0.2, 0.25) is 0 Å². The van der Waals surface area contributed by atoms with Crippen LogP contribution in [-0.2, 0) is 10.0 Å². The Labute approximate surface area is 155 Å². The zero-order valence-corrected chi connectivity index (χ0v) is 14.9. The van der Waals surface area contributed by atoms with E-state index in [4.69, 9.17) is 5.26 Å². The van der Waals surface area contributed by atoms with Crippen molar-refractivity contribution in [3.8, 4) is 17.3 Å². The quantitative estimate of drug-likeness (QED) is 0.736. The first-order chi connectivity index (χ1) is 12.8. The Hall–Kier alpha value is -3.31. The lowest BCUT2D eigenvalue weighted by molar-refractivity contribution is 0.595. The predicted octanol–water partition coefficient (Wildman–Crippen LogP) is 4.01. The molecule has 5 nitrogen and oxygen atoms in total. The summed E-state index contributed by atoms with van der Waals surface area (Å²) in [5.74, 6) is -1.36. The number of nitriles is 1. The molecule has 27 heavy (non-hydrogen) atoms.